The van der Waals surface area contributed by atoms with Gasteiger partial charge in [-0.25, -0.2) is 0 Å². The summed E-state index contributed by atoms with van der Waals surface area (Å²) in [6, 6.07) is 7.76. The van der Waals surface area contributed by atoms with Crippen molar-refractivity contribution in [3.63, 3.8) is 0 Å². The molecule has 1 rings (SSSR count). The van der Waals surface area contributed by atoms with Crippen LogP contribution in [0.15, 0.2) is 18.2 Å². The Balaban J connectivity index is 3.19. The van der Waals surface area contributed by atoms with E-state index < -0.39 is 0 Å². The Labute approximate surface area is 84.1 Å². The zero-order valence-electron chi connectivity index (χ0n) is 5.64. The Bertz CT molecular complexity index is 303. The minimum Gasteiger partial charge on any atom is -0.192 e. The molecule has 11 heavy (non-hydrogen) atoms. The average Bonchev–Trinajstić information content (AvgIpc) is 2.04. The second-order valence-electron chi connectivity index (χ2n) is 2.05. The van der Waals surface area contributed by atoms with Crippen molar-refractivity contribution in [2.45, 2.75) is 5.88 Å². The molecule has 1 nitrogen and oxygen atoms in total. The molecule has 0 bridgehead atoms. The summed E-state index contributed by atoms with van der Waals surface area (Å²) in [4.78, 5) is 0. The van der Waals surface area contributed by atoms with Crippen molar-refractivity contribution in [2.75, 3.05) is 0 Å². The normalized spacial score (nSPS) is 9.18. The van der Waals surface area contributed by atoms with E-state index in [0.29, 0.717) is 11.4 Å². The molecule has 0 amide bonds. The Hall–Kier alpha value is -0.270. The van der Waals surface area contributed by atoms with Crippen LogP contribution < -0.4 is 0 Å². The molecular formula is C8H5ClIN. The van der Waals surface area contributed by atoms with Crippen molar-refractivity contribution >= 4 is 34.2 Å². The summed E-state index contributed by atoms with van der Waals surface area (Å²) in [6.45, 7) is 0. The maximum Gasteiger partial charge on any atom is 0.0995 e. The van der Waals surface area contributed by atoms with Gasteiger partial charge in [0.05, 0.1) is 11.6 Å². The van der Waals surface area contributed by atoms with Gasteiger partial charge in [-0.05, 0) is 40.3 Å². The van der Waals surface area contributed by atoms with Gasteiger partial charge in [-0.2, -0.15) is 5.26 Å². The first-order valence-electron chi connectivity index (χ1n) is 3.02. The molecule has 0 heterocycles. The predicted octanol–water partition coefficient (Wildman–Crippen LogP) is 2.90. The number of hydrogen-bond acceptors (Lipinski definition) is 1. The molecule has 0 unspecified atom stereocenters. The zero-order chi connectivity index (χ0) is 8.27. The maximum absolute atomic E-state index is 8.66. The van der Waals surface area contributed by atoms with Crippen LogP contribution in [0.3, 0.4) is 0 Å². The Morgan fingerprint density at radius 3 is 2.82 bits per heavy atom. The molecule has 0 aliphatic carbocycles. The Morgan fingerprint density at radius 1 is 1.55 bits per heavy atom. The smallest absolute Gasteiger partial charge is 0.0995 e. The summed E-state index contributed by atoms with van der Waals surface area (Å²) < 4.78 is 1.06. The van der Waals surface area contributed by atoms with Gasteiger partial charge in [0.2, 0.25) is 0 Å². The molecule has 0 aliphatic rings. The van der Waals surface area contributed by atoms with E-state index in [1.807, 2.05) is 18.2 Å². The van der Waals surface area contributed by atoms with E-state index in [1.165, 1.54) is 0 Å². The lowest BCUT2D eigenvalue weighted by Gasteiger charge is -1.97. The number of benzene rings is 1. The fraction of sp³-hybridized carbons (Fsp3) is 0.125. The molecule has 0 N–H and O–H groups in total. The van der Waals surface area contributed by atoms with Gasteiger partial charge in [0.15, 0.2) is 0 Å². The monoisotopic (exact) mass is 277 g/mol. The standard InChI is InChI=1S/C8H5ClIN/c9-4-6-1-2-8(10)3-7(6)5-11/h1-3H,4H2. The minimum absolute atomic E-state index is 0.403. The van der Waals surface area contributed by atoms with Crippen LogP contribution in [-0.4, -0.2) is 0 Å². The van der Waals surface area contributed by atoms with Crippen molar-refractivity contribution in [3.05, 3.63) is 32.9 Å². The van der Waals surface area contributed by atoms with Crippen molar-refractivity contribution < 1.29 is 0 Å². The summed E-state index contributed by atoms with van der Waals surface area (Å²) >= 11 is 7.78. The minimum atomic E-state index is 0.403. The molecule has 3 heteroatoms. The first-order valence-corrected chi connectivity index (χ1v) is 4.63. The molecular weight excluding hydrogens is 272 g/mol. The quantitative estimate of drug-likeness (QED) is 0.572. The first-order chi connectivity index (χ1) is 5.27. The van der Waals surface area contributed by atoms with Gasteiger partial charge in [-0.3, -0.25) is 0 Å². The summed E-state index contributed by atoms with van der Waals surface area (Å²) in [5.41, 5.74) is 1.57. The fourth-order valence-corrected chi connectivity index (χ4v) is 1.49. The molecule has 0 atom stereocenters. The van der Waals surface area contributed by atoms with Crippen molar-refractivity contribution in [1.29, 1.82) is 5.26 Å². The molecule has 0 aliphatic heterocycles. The highest BCUT2D eigenvalue weighted by Crippen LogP contribution is 2.14. The second kappa shape index (κ2) is 3.93. The van der Waals surface area contributed by atoms with E-state index in [1.54, 1.807) is 0 Å². The average molecular weight is 277 g/mol. The number of nitrogens with zero attached hydrogens (tertiary/aromatic N) is 1. The van der Waals surface area contributed by atoms with E-state index in [2.05, 4.69) is 28.7 Å². The van der Waals surface area contributed by atoms with Gasteiger partial charge in [0.1, 0.15) is 0 Å². The van der Waals surface area contributed by atoms with Crippen LogP contribution in [0.1, 0.15) is 11.1 Å². The van der Waals surface area contributed by atoms with Crippen LogP contribution in [-0.2, 0) is 5.88 Å². The van der Waals surface area contributed by atoms with Crippen LogP contribution in [0.5, 0.6) is 0 Å². The predicted molar refractivity (Wildman–Crippen MR) is 53.4 cm³/mol. The van der Waals surface area contributed by atoms with Gasteiger partial charge < -0.3 is 0 Å². The third-order valence-corrected chi connectivity index (χ3v) is 2.30. The van der Waals surface area contributed by atoms with E-state index in [0.717, 1.165) is 9.13 Å². The van der Waals surface area contributed by atoms with Gasteiger partial charge >= 0.3 is 0 Å². The number of nitriles is 1. The molecule has 0 saturated carbocycles. The molecule has 56 valence electrons. The van der Waals surface area contributed by atoms with Crippen molar-refractivity contribution in [3.8, 4) is 6.07 Å². The fourth-order valence-electron chi connectivity index (χ4n) is 0.769. The molecule has 0 saturated heterocycles. The van der Waals surface area contributed by atoms with E-state index >= 15 is 0 Å². The summed E-state index contributed by atoms with van der Waals surface area (Å²) in [6.07, 6.45) is 0. The highest BCUT2D eigenvalue weighted by molar-refractivity contribution is 14.1. The maximum atomic E-state index is 8.66. The Kier molecular flexibility index (Phi) is 3.16. The molecule has 0 fully saturated rings. The van der Waals surface area contributed by atoms with Crippen molar-refractivity contribution in [2.24, 2.45) is 0 Å². The zero-order valence-corrected chi connectivity index (χ0v) is 8.56. The number of halogens is 2. The molecule has 0 radical (unpaired) electrons. The highest BCUT2D eigenvalue weighted by atomic mass is 127. The number of rotatable bonds is 1. The summed E-state index contributed by atoms with van der Waals surface area (Å²) in [5.74, 6) is 0.403. The number of alkyl halides is 1. The van der Waals surface area contributed by atoms with Gasteiger partial charge in [0, 0.05) is 9.45 Å². The molecule has 1 aromatic rings. The lowest BCUT2D eigenvalue weighted by molar-refractivity contribution is 1.34. The van der Waals surface area contributed by atoms with Crippen LogP contribution in [0.25, 0.3) is 0 Å². The highest BCUT2D eigenvalue weighted by Gasteiger charge is 1.99. The second-order valence-corrected chi connectivity index (χ2v) is 3.56. The van der Waals surface area contributed by atoms with Gasteiger partial charge in [0.25, 0.3) is 0 Å². The van der Waals surface area contributed by atoms with Crippen LogP contribution in [0, 0.1) is 14.9 Å². The lowest BCUT2D eigenvalue weighted by Crippen LogP contribution is -1.85. The van der Waals surface area contributed by atoms with Gasteiger partial charge in [-0.15, -0.1) is 11.6 Å². The van der Waals surface area contributed by atoms with E-state index in [9.17, 15) is 0 Å². The van der Waals surface area contributed by atoms with Crippen LogP contribution >= 0.6 is 34.2 Å². The molecule has 0 aromatic heterocycles. The van der Waals surface area contributed by atoms with E-state index in [-0.39, 0.29) is 0 Å². The SMILES string of the molecule is N#Cc1cc(I)ccc1CCl. The first kappa shape index (κ1) is 8.82. The van der Waals surface area contributed by atoms with Crippen LogP contribution in [0.2, 0.25) is 0 Å². The molecule has 1 aromatic carbocycles. The Morgan fingerprint density at radius 2 is 2.27 bits per heavy atom. The topological polar surface area (TPSA) is 23.8 Å². The summed E-state index contributed by atoms with van der Waals surface area (Å²) in [5, 5.41) is 8.66. The van der Waals surface area contributed by atoms with Gasteiger partial charge in [-0.1, -0.05) is 6.07 Å². The third kappa shape index (κ3) is 2.08. The number of hydrogen-bond donors (Lipinski definition) is 0. The van der Waals surface area contributed by atoms with E-state index in [4.69, 9.17) is 16.9 Å². The summed E-state index contributed by atoms with van der Waals surface area (Å²) in [7, 11) is 0. The molecule has 0 spiro atoms. The van der Waals surface area contributed by atoms with Crippen LogP contribution in [0.4, 0.5) is 0 Å². The third-order valence-electron chi connectivity index (χ3n) is 1.34. The largest absolute Gasteiger partial charge is 0.192 e. The lowest BCUT2D eigenvalue weighted by atomic mass is 10.1. The van der Waals surface area contributed by atoms with Crippen molar-refractivity contribution in [1.82, 2.24) is 0 Å².